The molecule has 0 radical (unpaired) electrons. The minimum atomic E-state index is -0.681. The average molecular weight is 361 g/mol. The van der Waals surface area contributed by atoms with Gasteiger partial charge in [-0.3, -0.25) is 9.36 Å². The van der Waals surface area contributed by atoms with Gasteiger partial charge in [-0.15, -0.1) is 0 Å². The van der Waals surface area contributed by atoms with Crippen LogP contribution in [0.3, 0.4) is 0 Å². The molecule has 1 amide bonds. The number of carbonyl (C=O) groups excluding carboxylic acids is 1. The maximum atomic E-state index is 12.2. The molecule has 7 heteroatoms. The van der Waals surface area contributed by atoms with Crippen molar-refractivity contribution >= 4 is 29.3 Å². The van der Waals surface area contributed by atoms with Gasteiger partial charge < -0.3 is 5.32 Å². The van der Waals surface area contributed by atoms with E-state index < -0.39 is 5.54 Å². The second-order valence-electron chi connectivity index (χ2n) is 5.80. The number of hydrogen-bond donors (Lipinski definition) is 1. The lowest BCUT2D eigenvalue weighted by atomic mass is 10.0. The Bertz CT molecular complexity index is 777. The SMILES string of the molecule is N#CC1(NC(=O)CSc2nccn2-c2cccc(Cl)c2)CCCC1. The quantitative estimate of drug-likeness (QED) is 0.827. The number of nitrogens with one attached hydrogen (secondary N) is 1. The maximum Gasteiger partial charge on any atom is 0.231 e. The summed E-state index contributed by atoms with van der Waals surface area (Å²) in [7, 11) is 0. The van der Waals surface area contributed by atoms with Gasteiger partial charge in [0.1, 0.15) is 5.54 Å². The Balaban J connectivity index is 1.65. The van der Waals surface area contributed by atoms with Crippen LogP contribution >= 0.6 is 23.4 Å². The smallest absolute Gasteiger partial charge is 0.231 e. The highest BCUT2D eigenvalue weighted by molar-refractivity contribution is 7.99. The molecule has 0 atom stereocenters. The van der Waals surface area contributed by atoms with E-state index in [1.165, 1.54) is 11.8 Å². The summed E-state index contributed by atoms with van der Waals surface area (Å²) in [6, 6.07) is 9.72. The summed E-state index contributed by atoms with van der Waals surface area (Å²) >= 11 is 7.38. The van der Waals surface area contributed by atoms with Crippen molar-refractivity contribution < 1.29 is 4.79 Å². The number of benzene rings is 1. The predicted molar refractivity (Wildman–Crippen MR) is 94.3 cm³/mol. The van der Waals surface area contributed by atoms with Gasteiger partial charge in [0.2, 0.25) is 5.91 Å². The zero-order valence-corrected chi connectivity index (χ0v) is 14.6. The monoisotopic (exact) mass is 360 g/mol. The van der Waals surface area contributed by atoms with Crippen molar-refractivity contribution in [3.05, 3.63) is 41.7 Å². The largest absolute Gasteiger partial charge is 0.337 e. The van der Waals surface area contributed by atoms with Gasteiger partial charge in [0, 0.05) is 23.1 Å². The molecule has 0 aliphatic heterocycles. The van der Waals surface area contributed by atoms with Gasteiger partial charge >= 0.3 is 0 Å². The Morgan fingerprint density at radius 3 is 2.96 bits per heavy atom. The molecular formula is C17H17ClN4OS. The van der Waals surface area contributed by atoms with Crippen LogP contribution in [-0.2, 0) is 4.79 Å². The normalized spacial score (nSPS) is 15.8. The van der Waals surface area contributed by atoms with Crippen LogP contribution in [0.2, 0.25) is 5.02 Å². The van der Waals surface area contributed by atoms with Crippen LogP contribution < -0.4 is 5.32 Å². The van der Waals surface area contributed by atoms with Gasteiger partial charge in [-0.2, -0.15) is 5.26 Å². The molecule has 0 bridgehead atoms. The topological polar surface area (TPSA) is 70.7 Å². The van der Waals surface area contributed by atoms with Gasteiger partial charge in [0.15, 0.2) is 5.16 Å². The zero-order chi connectivity index (χ0) is 17.0. The number of thioether (sulfide) groups is 1. The molecule has 0 unspecified atom stereocenters. The molecular weight excluding hydrogens is 344 g/mol. The molecule has 2 aromatic rings. The number of nitriles is 1. The van der Waals surface area contributed by atoms with Crippen LogP contribution in [0.25, 0.3) is 5.69 Å². The number of rotatable bonds is 5. The summed E-state index contributed by atoms with van der Waals surface area (Å²) in [5, 5.41) is 13.6. The number of carbonyl (C=O) groups is 1. The van der Waals surface area contributed by atoms with E-state index in [9.17, 15) is 10.1 Å². The molecule has 1 aliphatic carbocycles. The van der Waals surface area contributed by atoms with Gasteiger partial charge in [0.05, 0.1) is 11.8 Å². The van der Waals surface area contributed by atoms with Crippen molar-refractivity contribution in [2.45, 2.75) is 36.4 Å². The maximum absolute atomic E-state index is 12.2. The van der Waals surface area contributed by atoms with Crippen molar-refractivity contribution in [3.8, 4) is 11.8 Å². The molecule has 1 N–H and O–H groups in total. The Hall–Kier alpha value is -1.97. The molecule has 0 spiro atoms. The Morgan fingerprint density at radius 1 is 1.46 bits per heavy atom. The van der Waals surface area contributed by atoms with Crippen LogP contribution in [-0.4, -0.2) is 26.8 Å². The third-order valence-corrected chi connectivity index (χ3v) is 5.28. The number of nitrogens with zero attached hydrogens (tertiary/aromatic N) is 3. The lowest BCUT2D eigenvalue weighted by Crippen LogP contribution is -2.45. The molecule has 1 heterocycles. The van der Waals surface area contributed by atoms with Crippen LogP contribution in [0.1, 0.15) is 25.7 Å². The van der Waals surface area contributed by atoms with Crippen molar-refractivity contribution in [2.24, 2.45) is 0 Å². The lowest BCUT2D eigenvalue weighted by Gasteiger charge is -2.21. The van der Waals surface area contributed by atoms with Gasteiger partial charge in [0.25, 0.3) is 0 Å². The summed E-state index contributed by atoms with van der Waals surface area (Å²) in [5.41, 5.74) is 0.215. The van der Waals surface area contributed by atoms with E-state index in [-0.39, 0.29) is 11.7 Å². The van der Waals surface area contributed by atoms with Crippen LogP contribution in [0, 0.1) is 11.3 Å². The van der Waals surface area contributed by atoms with E-state index in [1.807, 2.05) is 35.0 Å². The summed E-state index contributed by atoms with van der Waals surface area (Å²) in [6.07, 6.45) is 6.96. The fourth-order valence-corrected chi connectivity index (χ4v) is 3.85. The van der Waals surface area contributed by atoms with Crippen molar-refractivity contribution in [2.75, 3.05) is 5.75 Å². The fraction of sp³-hybridized carbons (Fsp3) is 0.353. The van der Waals surface area contributed by atoms with E-state index in [0.717, 1.165) is 31.4 Å². The van der Waals surface area contributed by atoms with E-state index in [4.69, 9.17) is 11.6 Å². The van der Waals surface area contributed by atoms with E-state index >= 15 is 0 Å². The van der Waals surface area contributed by atoms with Gasteiger partial charge in [-0.25, -0.2) is 4.98 Å². The summed E-state index contributed by atoms with van der Waals surface area (Å²) in [6.45, 7) is 0. The van der Waals surface area contributed by atoms with E-state index in [1.54, 1.807) is 6.20 Å². The molecule has 3 rings (SSSR count). The molecule has 1 aromatic heterocycles. The second-order valence-corrected chi connectivity index (χ2v) is 7.18. The number of amides is 1. The average Bonchev–Trinajstić information content (AvgIpc) is 3.22. The molecule has 124 valence electrons. The first-order valence-corrected chi connectivity index (χ1v) is 9.13. The zero-order valence-electron chi connectivity index (χ0n) is 13.0. The minimum Gasteiger partial charge on any atom is -0.337 e. The fourth-order valence-electron chi connectivity index (χ4n) is 2.90. The highest BCUT2D eigenvalue weighted by Gasteiger charge is 2.35. The minimum absolute atomic E-state index is 0.135. The highest BCUT2D eigenvalue weighted by Crippen LogP contribution is 2.29. The molecule has 24 heavy (non-hydrogen) atoms. The number of imidazole rings is 1. The molecule has 1 saturated carbocycles. The number of hydrogen-bond acceptors (Lipinski definition) is 4. The van der Waals surface area contributed by atoms with Crippen molar-refractivity contribution in [3.63, 3.8) is 0 Å². The number of aromatic nitrogens is 2. The Morgan fingerprint density at radius 2 is 2.25 bits per heavy atom. The second kappa shape index (κ2) is 7.29. The van der Waals surface area contributed by atoms with E-state index in [2.05, 4.69) is 16.4 Å². The Labute approximate surface area is 150 Å². The molecule has 1 aliphatic rings. The first kappa shape index (κ1) is 16.9. The Kier molecular flexibility index (Phi) is 5.12. The molecule has 1 aromatic carbocycles. The standard InChI is InChI=1S/C17H17ClN4OS/c18-13-4-3-5-14(10-13)22-9-8-20-16(22)24-11-15(23)21-17(12-19)6-1-2-7-17/h3-5,8-10H,1-2,6-7,11H2,(H,21,23). The van der Waals surface area contributed by atoms with Crippen LogP contribution in [0.5, 0.6) is 0 Å². The molecule has 1 fully saturated rings. The van der Waals surface area contributed by atoms with E-state index in [0.29, 0.717) is 10.2 Å². The van der Waals surface area contributed by atoms with Crippen LogP contribution in [0.15, 0.2) is 41.8 Å². The first-order chi connectivity index (χ1) is 11.6. The third kappa shape index (κ3) is 3.74. The van der Waals surface area contributed by atoms with Gasteiger partial charge in [-0.05, 0) is 43.9 Å². The van der Waals surface area contributed by atoms with Gasteiger partial charge in [-0.1, -0.05) is 29.4 Å². The molecule has 5 nitrogen and oxygen atoms in total. The summed E-state index contributed by atoms with van der Waals surface area (Å²) < 4.78 is 1.89. The summed E-state index contributed by atoms with van der Waals surface area (Å²) in [4.78, 5) is 16.5. The first-order valence-electron chi connectivity index (χ1n) is 7.76. The summed E-state index contributed by atoms with van der Waals surface area (Å²) in [5.74, 6) is 0.0881. The lowest BCUT2D eigenvalue weighted by molar-refractivity contribution is -0.119. The van der Waals surface area contributed by atoms with Crippen LogP contribution in [0.4, 0.5) is 0 Å². The number of halogens is 1. The van der Waals surface area contributed by atoms with Crippen molar-refractivity contribution in [1.82, 2.24) is 14.9 Å². The predicted octanol–water partition coefficient (Wildman–Crippen LogP) is 3.57. The highest BCUT2D eigenvalue weighted by atomic mass is 35.5. The molecule has 0 saturated heterocycles. The third-order valence-electron chi connectivity index (χ3n) is 4.08. The van der Waals surface area contributed by atoms with Crippen molar-refractivity contribution in [1.29, 1.82) is 5.26 Å².